The summed E-state index contributed by atoms with van der Waals surface area (Å²) in [4.78, 5) is 29.4. The van der Waals surface area contributed by atoms with Gasteiger partial charge < -0.3 is 10.2 Å². The molecule has 0 saturated carbocycles. The molecule has 0 heterocycles. The molecule has 3 rings (SSSR count). The van der Waals surface area contributed by atoms with Crippen molar-refractivity contribution >= 4 is 39.1 Å². The third-order valence-electron chi connectivity index (χ3n) is 7.24. The van der Waals surface area contributed by atoms with Crippen LogP contribution in [0.2, 0.25) is 5.02 Å². The lowest BCUT2D eigenvalue weighted by molar-refractivity contribution is -0.140. The predicted molar refractivity (Wildman–Crippen MR) is 171 cm³/mol. The maximum atomic E-state index is 14.2. The average Bonchev–Trinajstić information content (AvgIpc) is 2.94. The standard InChI is InChI=1S/C33H42ClN3O4S/c1-7-24(2)35-32(39)30(21-25-11-9-8-10-12-25)36(22-26-13-17-28(34)18-14-26)31(38)23-37(42(6,40)41)29-19-15-27(16-20-29)33(3,4)5/h8-20,24,30H,7,21-23H2,1-6H3,(H,35,39)/t24-,30+/m0/s1. The fourth-order valence-electron chi connectivity index (χ4n) is 4.52. The molecule has 0 bridgehead atoms. The first kappa shape index (κ1) is 33.1. The van der Waals surface area contributed by atoms with Gasteiger partial charge in [0.2, 0.25) is 21.8 Å². The van der Waals surface area contributed by atoms with E-state index in [1.165, 1.54) is 4.90 Å². The Kier molecular flexibility index (Phi) is 11.2. The van der Waals surface area contributed by atoms with Crippen LogP contribution in [0.3, 0.4) is 0 Å². The van der Waals surface area contributed by atoms with Gasteiger partial charge in [-0.05, 0) is 59.7 Å². The number of anilines is 1. The molecular weight excluding hydrogens is 570 g/mol. The highest BCUT2D eigenvalue weighted by molar-refractivity contribution is 7.92. The Balaban J connectivity index is 2.05. The highest BCUT2D eigenvalue weighted by atomic mass is 35.5. The van der Waals surface area contributed by atoms with Crippen LogP contribution in [0.1, 0.15) is 57.7 Å². The van der Waals surface area contributed by atoms with E-state index in [4.69, 9.17) is 11.6 Å². The number of nitrogens with zero attached hydrogens (tertiary/aromatic N) is 2. The van der Waals surface area contributed by atoms with Crippen molar-refractivity contribution in [3.05, 3.63) is 101 Å². The predicted octanol–water partition coefficient (Wildman–Crippen LogP) is 5.96. The minimum absolute atomic E-state index is 0.0992. The zero-order valence-corrected chi connectivity index (χ0v) is 26.9. The van der Waals surface area contributed by atoms with Crippen molar-refractivity contribution in [3.8, 4) is 0 Å². The van der Waals surface area contributed by atoms with Gasteiger partial charge in [-0.1, -0.05) is 93.9 Å². The van der Waals surface area contributed by atoms with E-state index >= 15 is 0 Å². The first-order chi connectivity index (χ1) is 19.7. The molecule has 42 heavy (non-hydrogen) atoms. The summed E-state index contributed by atoms with van der Waals surface area (Å²) in [6.07, 6.45) is 2.07. The Hall–Kier alpha value is -3.36. The number of nitrogens with one attached hydrogen (secondary N) is 1. The minimum Gasteiger partial charge on any atom is -0.352 e. The fraction of sp³-hybridized carbons (Fsp3) is 0.394. The van der Waals surface area contributed by atoms with E-state index in [0.717, 1.165) is 33.7 Å². The number of amides is 2. The lowest BCUT2D eigenvalue weighted by Gasteiger charge is -2.34. The summed E-state index contributed by atoms with van der Waals surface area (Å²) in [6.45, 7) is 9.76. The van der Waals surface area contributed by atoms with Gasteiger partial charge in [-0.2, -0.15) is 0 Å². The van der Waals surface area contributed by atoms with Crippen molar-refractivity contribution in [1.82, 2.24) is 10.2 Å². The van der Waals surface area contributed by atoms with Crippen LogP contribution in [0.4, 0.5) is 5.69 Å². The van der Waals surface area contributed by atoms with E-state index < -0.39 is 28.5 Å². The average molecular weight is 612 g/mol. The molecule has 0 aliphatic rings. The highest BCUT2D eigenvalue weighted by Gasteiger charge is 2.33. The largest absolute Gasteiger partial charge is 0.352 e. The molecular formula is C33H42ClN3O4S. The van der Waals surface area contributed by atoms with Crippen molar-refractivity contribution in [2.45, 2.75) is 71.5 Å². The van der Waals surface area contributed by atoms with Crippen LogP contribution in [-0.2, 0) is 38.0 Å². The second kappa shape index (κ2) is 14.2. The molecule has 0 spiro atoms. The quantitative estimate of drug-likeness (QED) is 0.274. The summed E-state index contributed by atoms with van der Waals surface area (Å²) in [6, 6.07) is 22.7. The molecule has 0 radical (unpaired) electrons. The second-order valence-electron chi connectivity index (χ2n) is 11.7. The Labute approximate surface area is 255 Å². The van der Waals surface area contributed by atoms with Gasteiger partial charge in [0.15, 0.2) is 0 Å². The smallest absolute Gasteiger partial charge is 0.244 e. The number of hydrogen-bond donors (Lipinski definition) is 1. The Morgan fingerprint density at radius 2 is 1.50 bits per heavy atom. The zero-order chi connectivity index (χ0) is 31.1. The normalized spacial score (nSPS) is 13.2. The molecule has 7 nitrogen and oxygen atoms in total. The van der Waals surface area contributed by atoms with Crippen LogP contribution >= 0.6 is 11.6 Å². The number of hydrogen-bond acceptors (Lipinski definition) is 4. The van der Waals surface area contributed by atoms with Gasteiger partial charge in [0.05, 0.1) is 11.9 Å². The molecule has 0 aliphatic carbocycles. The van der Waals surface area contributed by atoms with Crippen molar-refractivity contribution in [1.29, 1.82) is 0 Å². The number of carbonyl (C=O) groups is 2. The molecule has 2 amide bonds. The molecule has 0 aliphatic heterocycles. The number of benzene rings is 3. The maximum absolute atomic E-state index is 14.2. The number of halogens is 1. The summed E-state index contributed by atoms with van der Waals surface area (Å²) in [7, 11) is -3.83. The summed E-state index contributed by atoms with van der Waals surface area (Å²) in [5.74, 6) is -0.786. The van der Waals surface area contributed by atoms with E-state index in [0.29, 0.717) is 10.7 Å². The van der Waals surface area contributed by atoms with Crippen LogP contribution in [0, 0.1) is 0 Å². The molecule has 0 fully saturated rings. The molecule has 3 aromatic carbocycles. The Morgan fingerprint density at radius 3 is 2.02 bits per heavy atom. The molecule has 1 N–H and O–H groups in total. The molecule has 0 aromatic heterocycles. The lowest BCUT2D eigenvalue weighted by Crippen LogP contribution is -2.54. The van der Waals surface area contributed by atoms with Crippen molar-refractivity contribution < 1.29 is 18.0 Å². The lowest BCUT2D eigenvalue weighted by atomic mass is 9.87. The first-order valence-electron chi connectivity index (χ1n) is 14.2. The van der Waals surface area contributed by atoms with Gasteiger partial charge in [0, 0.05) is 24.0 Å². The van der Waals surface area contributed by atoms with Gasteiger partial charge in [-0.25, -0.2) is 8.42 Å². The van der Waals surface area contributed by atoms with Gasteiger partial charge in [-0.3, -0.25) is 13.9 Å². The summed E-state index contributed by atoms with van der Waals surface area (Å²) >= 11 is 6.11. The van der Waals surface area contributed by atoms with E-state index in [-0.39, 0.29) is 30.3 Å². The summed E-state index contributed by atoms with van der Waals surface area (Å²) < 4.78 is 27.1. The van der Waals surface area contributed by atoms with Crippen molar-refractivity contribution in [2.24, 2.45) is 0 Å². The van der Waals surface area contributed by atoms with Crippen molar-refractivity contribution in [3.63, 3.8) is 0 Å². The molecule has 0 saturated heterocycles. The second-order valence-corrected chi connectivity index (χ2v) is 14.1. The van der Waals surface area contributed by atoms with Crippen LogP contribution < -0.4 is 9.62 Å². The summed E-state index contributed by atoms with van der Waals surface area (Å²) in [5.41, 5.74) is 2.96. The van der Waals surface area contributed by atoms with Crippen LogP contribution in [0.5, 0.6) is 0 Å². The van der Waals surface area contributed by atoms with Crippen LogP contribution in [-0.4, -0.2) is 50.0 Å². The molecule has 0 unspecified atom stereocenters. The molecule has 2 atom stereocenters. The highest BCUT2D eigenvalue weighted by Crippen LogP contribution is 2.26. The third kappa shape index (κ3) is 9.33. The van der Waals surface area contributed by atoms with Gasteiger partial charge in [0.25, 0.3) is 0 Å². The van der Waals surface area contributed by atoms with Crippen LogP contribution in [0.25, 0.3) is 0 Å². The summed E-state index contributed by atoms with van der Waals surface area (Å²) in [5, 5.41) is 3.58. The molecule has 226 valence electrons. The topological polar surface area (TPSA) is 86.8 Å². The minimum atomic E-state index is -3.83. The van der Waals surface area contributed by atoms with Crippen molar-refractivity contribution in [2.75, 3.05) is 17.1 Å². The third-order valence-corrected chi connectivity index (χ3v) is 8.63. The van der Waals surface area contributed by atoms with E-state index in [2.05, 4.69) is 26.1 Å². The monoisotopic (exact) mass is 611 g/mol. The van der Waals surface area contributed by atoms with E-state index in [1.807, 2.05) is 56.3 Å². The van der Waals surface area contributed by atoms with Gasteiger partial charge in [-0.15, -0.1) is 0 Å². The number of sulfonamides is 1. The van der Waals surface area contributed by atoms with E-state index in [9.17, 15) is 18.0 Å². The fourth-order valence-corrected chi connectivity index (χ4v) is 5.50. The number of rotatable bonds is 12. The molecule has 9 heteroatoms. The number of carbonyl (C=O) groups excluding carboxylic acids is 2. The van der Waals surface area contributed by atoms with Crippen LogP contribution in [0.15, 0.2) is 78.9 Å². The van der Waals surface area contributed by atoms with E-state index in [1.54, 1.807) is 36.4 Å². The molecule has 3 aromatic rings. The first-order valence-corrected chi connectivity index (χ1v) is 16.4. The zero-order valence-electron chi connectivity index (χ0n) is 25.3. The Bertz CT molecular complexity index is 1440. The SMILES string of the molecule is CC[C@H](C)NC(=O)[C@@H](Cc1ccccc1)N(Cc1ccc(Cl)cc1)C(=O)CN(c1ccc(C(C)(C)C)cc1)S(C)(=O)=O. The van der Waals surface area contributed by atoms with Gasteiger partial charge in [0.1, 0.15) is 12.6 Å². The van der Waals surface area contributed by atoms with Gasteiger partial charge >= 0.3 is 0 Å². The Morgan fingerprint density at radius 1 is 0.905 bits per heavy atom. The maximum Gasteiger partial charge on any atom is 0.244 e.